The van der Waals surface area contributed by atoms with Gasteiger partial charge in [-0.15, -0.1) is 0 Å². The van der Waals surface area contributed by atoms with Crippen molar-refractivity contribution in [3.63, 3.8) is 0 Å². The number of anilines is 1. The summed E-state index contributed by atoms with van der Waals surface area (Å²) in [5.74, 6) is 0.204. The van der Waals surface area contributed by atoms with Crippen LogP contribution in [0.3, 0.4) is 0 Å². The third-order valence-corrected chi connectivity index (χ3v) is 5.63. The maximum absolute atomic E-state index is 12.9. The number of ether oxygens (including phenoxy) is 1. The number of para-hydroxylation sites is 1. The highest BCUT2D eigenvalue weighted by Gasteiger charge is 2.51. The van der Waals surface area contributed by atoms with Crippen molar-refractivity contribution in [3.8, 4) is 0 Å². The van der Waals surface area contributed by atoms with Gasteiger partial charge in [0.25, 0.3) is 5.91 Å². The van der Waals surface area contributed by atoms with Gasteiger partial charge in [-0.05, 0) is 24.5 Å². The first-order valence-corrected chi connectivity index (χ1v) is 8.62. The van der Waals surface area contributed by atoms with Crippen molar-refractivity contribution in [1.29, 1.82) is 0 Å². The van der Waals surface area contributed by atoms with Gasteiger partial charge >= 0.3 is 0 Å². The van der Waals surface area contributed by atoms with E-state index in [-0.39, 0.29) is 17.9 Å². The Morgan fingerprint density at radius 3 is 2.75 bits per heavy atom. The lowest BCUT2D eigenvalue weighted by molar-refractivity contribution is -0.148. The second-order valence-electron chi connectivity index (χ2n) is 6.85. The molecule has 1 atom stereocenters. The topological polar surface area (TPSA) is 61.9 Å². The van der Waals surface area contributed by atoms with E-state index in [0.29, 0.717) is 39.1 Å². The van der Waals surface area contributed by atoms with Gasteiger partial charge in [-0.3, -0.25) is 9.59 Å². The van der Waals surface area contributed by atoms with Crippen molar-refractivity contribution < 1.29 is 14.3 Å². The molecule has 1 aromatic rings. The molecule has 6 heteroatoms. The van der Waals surface area contributed by atoms with E-state index in [1.165, 1.54) is 0 Å². The lowest BCUT2D eigenvalue weighted by Crippen LogP contribution is -2.54. The average Bonchev–Trinajstić information content (AvgIpc) is 2.85. The fourth-order valence-corrected chi connectivity index (χ4v) is 4.24. The maximum Gasteiger partial charge on any atom is 0.253 e. The Hall–Kier alpha value is -1.92. The highest BCUT2D eigenvalue weighted by Crippen LogP contribution is 2.47. The van der Waals surface area contributed by atoms with E-state index >= 15 is 0 Å². The van der Waals surface area contributed by atoms with Crippen molar-refractivity contribution >= 4 is 17.5 Å². The van der Waals surface area contributed by atoms with Crippen molar-refractivity contribution in [3.05, 3.63) is 29.8 Å². The van der Waals surface area contributed by atoms with Crippen molar-refractivity contribution in [2.45, 2.75) is 24.4 Å². The molecule has 1 aromatic carbocycles. The van der Waals surface area contributed by atoms with Crippen LogP contribution in [-0.2, 0) is 19.7 Å². The molecule has 3 heterocycles. The van der Waals surface area contributed by atoms with Gasteiger partial charge in [0.15, 0.2) is 0 Å². The predicted molar refractivity (Wildman–Crippen MR) is 90.0 cm³/mol. The molecule has 6 nitrogen and oxygen atoms in total. The molecule has 128 valence electrons. The molecule has 2 saturated heterocycles. The van der Waals surface area contributed by atoms with Crippen LogP contribution in [0.2, 0.25) is 0 Å². The molecule has 0 saturated carbocycles. The molecule has 3 aliphatic rings. The van der Waals surface area contributed by atoms with Gasteiger partial charge in [0.1, 0.15) is 6.10 Å². The number of fused-ring (bicyclic) bond motifs is 2. The number of piperidine rings is 1. The number of amides is 2. The first-order chi connectivity index (χ1) is 11.6. The predicted octanol–water partition coefficient (Wildman–Crippen LogP) is 0.512. The number of likely N-dealkylation sites (tertiary alicyclic amines) is 1. The molecule has 0 bridgehead atoms. The summed E-state index contributed by atoms with van der Waals surface area (Å²) in [7, 11) is 1.84. The standard InChI is InChI=1S/C18H23N3O3/c1-20-14-5-3-2-4-13(14)18(17(20)23)6-9-21(10-7-18)16(22)15-12-19-8-11-24-15/h2-5,15,19H,6-12H2,1H3/t15-/m1/s1. The summed E-state index contributed by atoms with van der Waals surface area (Å²) in [5, 5.41) is 3.20. The van der Waals surface area contributed by atoms with Gasteiger partial charge in [0, 0.05) is 38.9 Å². The Morgan fingerprint density at radius 1 is 1.29 bits per heavy atom. The number of benzene rings is 1. The van der Waals surface area contributed by atoms with Gasteiger partial charge < -0.3 is 19.9 Å². The van der Waals surface area contributed by atoms with E-state index in [4.69, 9.17) is 4.74 Å². The van der Waals surface area contributed by atoms with Crippen LogP contribution in [0, 0.1) is 0 Å². The normalized spacial score (nSPS) is 25.9. The fourth-order valence-electron chi connectivity index (χ4n) is 4.24. The van der Waals surface area contributed by atoms with Gasteiger partial charge in [-0.25, -0.2) is 0 Å². The zero-order valence-corrected chi connectivity index (χ0v) is 14.0. The first-order valence-electron chi connectivity index (χ1n) is 8.62. The van der Waals surface area contributed by atoms with E-state index in [1.807, 2.05) is 30.1 Å². The highest BCUT2D eigenvalue weighted by molar-refractivity contribution is 6.08. The molecule has 4 rings (SSSR count). The Balaban J connectivity index is 1.51. The zero-order valence-electron chi connectivity index (χ0n) is 14.0. The summed E-state index contributed by atoms with van der Waals surface area (Å²) >= 11 is 0. The van der Waals surface area contributed by atoms with E-state index < -0.39 is 5.41 Å². The molecule has 1 spiro atoms. The lowest BCUT2D eigenvalue weighted by atomic mass is 9.73. The zero-order chi connectivity index (χ0) is 16.7. The van der Waals surface area contributed by atoms with Crippen LogP contribution in [0.4, 0.5) is 5.69 Å². The molecule has 0 unspecified atom stereocenters. The Morgan fingerprint density at radius 2 is 2.04 bits per heavy atom. The summed E-state index contributed by atoms with van der Waals surface area (Å²) < 4.78 is 5.58. The summed E-state index contributed by atoms with van der Waals surface area (Å²) in [4.78, 5) is 29.1. The third-order valence-electron chi connectivity index (χ3n) is 5.63. The smallest absolute Gasteiger partial charge is 0.253 e. The van der Waals surface area contributed by atoms with E-state index in [1.54, 1.807) is 4.90 Å². The molecule has 2 amide bonds. The average molecular weight is 329 g/mol. The van der Waals surface area contributed by atoms with Crippen LogP contribution < -0.4 is 10.2 Å². The minimum absolute atomic E-state index is 0.0455. The van der Waals surface area contributed by atoms with Crippen LogP contribution in [0.5, 0.6) is 0 Å². The quantitative estimate of drug-likeness (QED) is 0.816. The molecule has 1 N–H and O–H groups in total. The first kappa shape index (κ1) is 15.6. The number of nitrogens with one attached hydrogen (secondary N) is 1. The van der Waals surface area contributed by atoms with Crippen LogP contribution >= 0.6 is 0 Å². The van der Waals surface area contributed by atoms with Crippen molar-refractivity contribution in [2.75, 3.05) is 44.7 Å². The highest BCUT2D eigenvalue weighted by atomic mass is 16.5. The van der Waals surface area contributed by atoms with Gasteiger partial charge in [-0.2, -0.15) is 0 Å². The number of morpholine rings is 1. The number of hydrogen-bond acceptors (Lipinski definition) is 4. The maximum atomic E-state index is 12.9. The van der Waals surface area contributed by atoms with Crippen LogP contribution in [0.1, 0.15) is 18.4 Å². The number of rotatable bonds is 1. The van der Waals surface area contributed by atoms with Crippen LogP contribution in [0.25, 0.3) is 0 Å². The Kier molecular flexibility index (Phi) is 3.81. The van der Waals surface area contributed by atoms with Crippen molar-refractivity contribution in [1.82, 2.24) is 10.2 Å². The number of carbonyl (C=O) groups is 2. The second-order valence-corrected chi connectivity index (χ2v) is 6.85. The summed E-state index contributed by atoms with van der Waals surface area (Å²) in [5.41, 5.74) is 1.65. The second kappa shape index (κ2) is 5.86. The minimum atomic E-state index is -0.464. The van der Waals surface area contributed by atoms with E-state index in [2.05, 4.69) is 11.4 Å². The van der Waals surface area contributed by atoms with E-state index in [9.17, 15) is 9.59 Å². The van der Waals surface area contributed by atoms with Gasteiger partial charge in [-0.1, -0.05) is 18.2 Å². The number of hydrogen-bond donors (Lipinski definition) is 1. The monoisotopic (exact) mass is 329 g/mol. The Bertz CT molecular complexity index is 661. The Labute approximate surface area is 141 Å². The molecular weight excluding hydrogens is 306 g/mol. The number of likely N-dealkylation sites (N-methyl/N-ethyl adjacent to an activating group) is 1. The molecule has 2 fully saturated rings. The van der Waals surface area contributed by atoms with Gasteiger partial charge in [0.2, 0.25) is 5.91 Å². The van der Waals surface area contributed by atoms with Gasteiger partial charge in [0.05, 0.1) is 12.0 Å². The SMILES string of the molecule is CN1C(=O)C2(CCN(C(=O)[C@H]3CNCCO3)CC2)c2ccccc21. The van der Waals surface area contributed by atoms with Crippen molar-refractivity contribution in [2.24, 2.45) is 0 Å². The minimum Gasteiger partial charge on any atom is -0.366 e. The van der Waals surface area contributed by atoms with Crippen LogP contribution in [-0.4, -0.2) is 62.7 Å². The molecule has 0 aromatic heterocycles. The van der Waals surface area contributed by atoms with Crippen LogP contribution in [0.15, 0.2) is 24.3 Å². The summed E-state index contributed by atoms with van der Waals surface area (Å²) in [6.07, 6.45) is 0.972. The summed E-state index contributed by atoms with van der Waals surface area (Å²) in [6, 6.07) is 8.02. The largest absolute Gasteiger partial charge is 0.366 e. The molecule has 3 aliphatic heterocycles. The number of nitrogens with zero attached hydrogens (tertiary/aromatic N) is 2. The molecular formula is C18H23N3O3. The fraction of sp³-hybridized carbons (Fsp3) is 0.556. The number of carbonyl (C=O) groups excluding carboxylic acids is 2. The lowest BCUT2D eigenvalue weighted by Gasteiger charge is -2.40. The molecule has 0 radical (unpaired) electrons. The van der Waals surface area contributed by atoms with E-state index in [0.717, 1.165) is 17.8 Å². The molecule has 0 aliphatic carbocycles. The summed E-state index contributed by atoms with van der Waals surface area (Å²) in [6.45, 7) is 3.15. The third kappa shape index (κ3) is 2.24. The molecule has 24 heavy (non-hydrogen) atoms.